The van der Waals surface area contributed by atoms with Gasteiger partial charge in [0.05, 0.1) is 11.7 Å². The summed E-state index contributed by atoms with van der Waals surface area (Å²) in [7, 11) is 0. The molecule has 0 aliphatic rings. The maximum Gasteiger partial charge on any atom is 0.237 e. The fraction of sp³-hybridized carbons (Fsp3) is 0.600. The van der Waals surface area contributed by atoms with Gasteiger partial charge in [0.1, 0.15) is 0 Å². The molecule has 2 unspecified atom stereocenters. The van der Waals surface area contributed by atoms with E-state index in [1.54, 1.807) is 0 Å². The van der Waals surface area contributed by atoms with E-state index in [4.69, 9.17) is 0 Å². The van der Waals surface area contributed by atoms with Crippen molar-refractivity contribution in [2.75, 3.05) is 0 Å². The highest BCUT2D eigenvalue weighted by molar-refractivity contribution is 5.81. The second kappa shape index (κ2) is 7.89. The molecule has 0 bridgehead atoms. The van der Waals surface area contributed by atoms with E-state index in [1.807, 2.05) is 39.0 Å². The van der Waals surface area contributed by atoms with Gasteiger partial charge in [-0.15, -0.1) is 0 Å². The van der Waals surface area contributed by atoms with Gasteiger partial charge in [0.2, 0.25) is 5.91 Å². The van der Waals surface area contributed by atoms with Crippen molar-refractivity contribution in [3.63, 3.8) is 0 Å². The quantitative estimate of drug-likeness (QED) is 0.792. The largest absolute Gasteiger partial charge is 0.352 e. The topological polar surface area (TPSA) is 54.0 Å². The molecule has 1 amide bonds. The van der Waals surface area contributed by atoms with E-state index in [-0.39, 0.29) is 18.0 Å². The minimum absolute atomic E-state index is 0.0496. The van der Waals surface area contributed by atoms with Crippen LogP contribution in [0.1, 0.15) is 45.0 Å². The Morgan fingerprint density at radius 2 is 2.11 bits per heavy atom. The number of rotatable bonds is 7. The molecule has 0 fully saturated rings. The summed E-state index contributed by atoms with van der Waals surface area (Å²) >= 11 is 0. The molecule has 4 heteroatoms. The summed E-state index contributed by atoms with van der Waals surface area (Å²) in [5.41, 5.74) is 1.95. The molecular formula is C15H25N3O. The fourth-order valence-corrected chi connectivity index (χ4v) is 1.92. The minimum Gasteiger partial charge on any atom is -0.352 e. The summed E-state index contributed by atoms with van der Waals surface area (Å²) < 4.78 is 0. The molecule has 0 aromatic carbocycles. The van der Waals surface area contributed by atoms with Gasteiger partial charge in [0.25, 0.3) is 0 Å². The third-order valence-electron chi connectivity index (χ3n) is 3.04. The molecule has 0 saturated carbocycles. The molecule has 2 atom stereocenters. The van der Waals surface area contributed by atoms with Crippen LogP contribution in [0.2, 0.25) is 0 Å². The zero-order chi connectivity index (χ0) is 14.3. The lowest BCUT2D eigenvalue weighted by molar-refractivity contribution is -0.123. The van der Waals surface area contributed by atoms with Crippen LogP contribution in [0.5, 0.6) is 0 Å². The number of aryl methyl sites for hydroxylation is 1. The van der Waals surface area contributed by atoms with Crippen molar-refractivity contribution in [1.29, 1.82) is 0 Å². The molecule has 1 aromatic heterocycles. The molecule has 0 aliphatic heterocycles. The molecule has 0 spiro atoms. The highest BCUT2D eigenvalue weighted by atomic mass is 16.2. The average Bonchev–Trinajstić information content (AvgIpc) is 2.36. The molecule has 4 nitrogen and oxygen atoms in total. The van der Waals surface area contributed by atoms with Crippen LogP contribution in [0.3, 0.4) is 0 Å². The van der Waals surface area contributed by atoms with Crippen molar-refractivity contribution in [3.8, 4) is 0 Å². The van der Waals surface area contributed by atoms with Crippen LogP contribution in [0.25, 0.3) is 0 Å². The Morgan fingerprint density at radius 1 is 1.37 bits per heavy atom. The number of nitrogens with one attached hydrogen (secondary N) is 2. The first-order chi connectivity index (χ1) is 9.02. The van der Waals surface area contributed by atoms with Gasteiger partial charge in [-0.2, -0.15) is 0 Å². The van der Waals surface area contributed by atoms with E-state index >= 15 is 0 Å². The lowest BCUT2D eigenvalue weighted by Gasteiger charge is -2.18. The zero-order valence-electron chi connectivity index (χ0n) is 12.4. The van der Waals surface area contributed by atoms with Crippen molar-refractivity contribution < 1.29 is 4.79 Å². The summed E-state index contributed by atoms with van der Waals surface area (Å²) in [5, 5.41) is 6.21. The SMILES string of the molecule is CCCC(C)NC(=O)C(C)NCc1cccc(C)n1. The summed E-state index contributed by atoms with van der Waals surface area (Å²) in [6.07, 6.45) is 2.09. The van der Waals surface area contributed by atoms with E-state index in [2.05, 4.69) is 22.5 Å². The van der Waals surface area contributed by atoms with Crippen LogP contribution in [0.15, 0.2) is 18.2 Å². The van der Waals surface area contributed by atoms with Gasteiger partial charge < -0.3 is 10.6 Å². The molecule has 1 rings (SSSR count). The first kappa shape index (κ1) is 15.6. The fourth-order valence-electron chi connectivity index (χ4n) is 1.92. The van der Waals surface area contributed by atoms with E-state index in [1.165, 1.54) is 0 Å². The zero-order valence-corrected chi connectivity index (χ0v) is 12.4. The van der Waals surface area contributed by atoms with E-state index in [0.717, 1.165) is 24.2 Å². The van der Waals surface area contributed by atoms with Crippen molar-refractivity contribution in [1.82, 2.24) is 15.6 Å². The van der Waals surface area contributed by atoms with E-state index in [0.29, 0.717) is 6.54 Å². The van der Waals surface area contributed by atoms with Crippen LogP contribution >= 0.6 is 0 Å². The van der Waals surface area contributed by atoms with Gasteiger partial charge in [0.15, 0.2) is 0 Å². The molecule has 0 aliphatic carbocycles. The molecule has 2 N–H and O–H groups in total. The lowest BCUT2D eigenvalue weighted by atomic mass is 10.2. The van der Waals surface area contributed by atoms with Crippen molar-refractivity contribution >= 4 is 5.91 Å². The van der Waals surface area contributed by atoms with Crippen molar-refractivity contribution in [3.05, 3.63) is 29.6 Å². The molecule has 0 saturated heterocycles. The van der Waals surface area contributed by atoms with Crippen molar-refractivity contribution in [2.45, 2.75) is 59.2 Å². The van der Waals surface area contributed by atoms with E-state index in [9.17, 15) is 4.79 Å². The maximum atomic E-state index is 11.9. The number of hydrogen-bond acceptors (Lipinski definition) is 3. The van der Waals surface area contributed by atoms with Crippen LogP contribution in [0.4, 0.5) is 0 Å². The van der Waals surface area contributed by atoms with Gasteiger partial charge in [-0.1, -0.05) is 19.4 Å². The van der Waals surface area contributed by atoms with Gasteiger partial charge in [-0.05, 0) is 39.3 Å². The van der Waals surface area contributed by atoms with Crippen LogP contribution in [0, 0.1) is 6.92 Å². The van der Waals surface area contributed by atoms with Crippen molar-refractivity contribution in [2.24, 2.45) is 0 Å². The Labute approximate surface area is 116 Å². The van der Waals surface area contributed by atoms with Crippen LogP contribution in [-0.4, -0.2) is 23.0 Å². The summed E-state index contributed by atoms with van der Waals surface area (Å²) in [5.74, 6) is 0.0496. The Bertz CT molecular complexity index is 406. The Balaban J connectivity index is 2.38. The monoisotopic (exact) mass is 263 g/mol. The van der Waals surface area contributed by atoms with Gasteiger partial charge in [-0.3, -0.25) is 9.78 Å². The maximum absolute atomic E-state index is 11.9. The van der Waals surface area contributed by atoms with Crippen LogP contribution < -0.4 is 10.6 Å². The third-order valence-corrected chi connectivity index (χ3v) is 3.04. The Hall–Kier alpha value is -1.42. The molecule has 0 radical (unpaired) electrons. The lowest BCUT2D eigenvalue weighted by Crippen LogP contribution is -2.45. The summed E-state index contributed by atoms with van der Waals surface area (Å²) in [4.78, 5) is 16.3. The number of amides is 1. The number of hydrogen-bond donors (Lipinski definition) is 2. The highest BCUT2D eigenvalue weighted by Crippen LogP contribution is 1.99. The van der Waals surface area contributed by atoms with E-state index < -0.39 is 0 Å². The smallest absolute Gasteiger partial charge is 0.237 e. The summed E-state index contributed by atoms with van der Waals surface area (Å²) in [6, 6.07) is 5.93. The Kier molecular flexibility index (Phi) is 6.50. The molecule has 1 heterocycles. The predicted molar refractivity (Wildman–Crippen MR) is 77.8 cm³/mol. The first-order valence-electron chi connectivity index (χ1n) is 6.99. The van der Waals surface area contributed by atoms with Gasteiger partial charge >= 0.3 is 0 Å². The molecule has 19 heavy (non-hydrogen) atoms. The number of nitrogens with zero attached hydrogens (tertiary/aromatic N) is 1. The first-order valence-corrected chi connectivity index (χ1v) is 6.99. The summed E-state index contributed by atoms with van der Waals surface area (Å²) in [6.45, 7) is 8.61. The predicted octanol–water partition coefficient (Wildman–Crippen LogP) is 2.17. The number of carbonyl (C=O) groups excluding carboxylic acids is 1. The normalized spacial score (nSPS) is 13.9. The highest BCUT2D eigenvalue weighted by Gasteiger charge is 2.14. The minimum atomic E-state index is -0.207. The number of carbonyl (C=O) groups is 1. The number of aromatic nitrogens is 1. The number of pyridine rings is 1. The van der Waals surface area contributed by atoms with Gasteiger partial charge in [-0.25, -0.2) is 0 Å². The third kappa shape index (κ3) is 5.83. The molecular weight excluding hydrogens is 238 g/mol. The standard InChI is InChI=1S/C15H25N3O/c1-5-7-11(2)18-15(19)13(4)16-10-14-9-6-8-12(3)17-14/h6,8-9,11,13,16H,5,7,10H2,1-4H3,(H,18,19). The second-order valence-electron chi connectivity index (χ2n) is 5.07. The van der Waals surface area contributed by atoms with Gasteiger partial charge in [0, 0.05) is 18.3 Å². The Morgan fingerprint density at radius 3 is 2.74 bits per heavy atom. The molecule has 1 aromatic rings. The molecule has 106 valence electrons. The second-order valence-corrected chi connectivity index (χ2v) is 5.07. The van der Waals surface area contributed by atoms with Crippen LogP contribution in [-0.2, 0) is 11.3 Å². The average molecular weight is 263 g/mol.